The average molecular weight is 459 g/mol. The summed E-state index contributed by atoms with van der Waals surface area (Å²) in [5.74, 6) is -0.694. The molecule has 0 amide bonds. The number of anilines is 1. The highest BCUT2D eigenvalue weighted by Crippen LogP contribution is 2.61. The third-order valence-electron chi connectivity index (χ3n) is 4.88. The minimum absolute atomic E-state index is 0.168. The Hall–Kier alpha value is -3.07. The largest absolute Gasteiger partial charge is 0.497 e. The van der Waals surface area contributed by atoms with E-state index in [1.165, 1.54) is 12.1 Å². The number of hydrogen-bond donors (Lipinski definition) is 1. The molecular weight excluding hydrogens is 436 g/mol. The van der Waals surface area contributed by atoms with Crippen molar-refractivity contribution in [3.8, 4) is 5.75 Å². The normalized spacial score (nSPS) is 12.9. The van der Waals surface area contributed by atoms with E-state index in [1.807, 2.05) is 24.3 Å². The maximum absolute atomic E-state index is 13.9. The zero-order valence-electron chi connectivity index (χ0n) is 17.9. The van der Waals surface area contributed by atoms with Gasteiger partial charge in [-0.2, -0.15) is 4.52 Å². The van der Waals surface area contributed by atoms with Crippen LogP contribution in [0.1, 0.15) is 25.2 Å². The molecule has 168 valence electrons. The summed E-state index contributed by atoms with van der Waals surface area (Å²) in [6.45, 7) is 3.81. The number of methoxy groups -OCH3 is 1. The van der Waals surface area contributed by atoms with Crippen molar-refractivity contribution in [3.05, 3.63) is 59.9 Å². The number of aromatic nitrogens is 4. The predicted molar refractivity (Wildman–Crippen MR) is 118 cm³/mol. The Balaban J connectivity index is 1.95. The van der Waals surface area contributed by atoms with Crippen molar-refractivity contribution in [1.82, 2.24) is 20.0 Å². The van der Waals surface area contributed by atoms with Crippen molar-refractivity contribution >= 4 is 29.8 Å². The van der Waals surface area contributed by atoms with E-state index in [4.69, 9.17) is 13.8 Å². The minimum atomic E-state index is -3.75. The summed E-state index contributed by atoms with van der Waals surface area (Å²) in [5.41, 5.74) is 2.18. The van der Waals surface area contributed by atoms with Crippen molar-refractivity contribution in [2.75, 3.05) is 25.6 Å². The molecule has 2 aromatic heterocycles. The molecule has 1 atom stereocenters. The molecule has 0 saturated heterocycles. The van der Waals surface area contributed by atoms with E-state index in [2.05, 4.69) is 20.8 Å². The van der Waals surface area contributed by atoms with Gasteiger partial charge < -0.3 is 19.1 Å². The van der Waals surface area contributed by atoms with Crippen molar-refractivity contribution in [2.45, 2.75) is 19.6 Å². The Labute approximate surface area is 184 Å². The Morgan fingerprint density at radius 1 is 1.09 bits per heavy atom. The number of halogens is 1. The van der Waals surface area contributed by atoms with Gasteiger partial charge in [0, 0.05) is 16.6 Å². The van der Waals surface area contributed by atoms with E-state index in [9.17, 15) is 8.96 Å². The Kier molecular flexibility index (Phi) is 6.36. The molecule has 0 aliphatic carbocycles. The molecule has 1 unspecified atom stereocenters. The van der Waals surface area contributed by atoms with Crippen LogP contribution < -0.4 is 10.1 Å². The van der Waals surface area contributed by atoms with E-state index in [1.54, 1.807) is 37.6 Å². The molecular formula is C21H23FN5O4P. The second-order valence-corrected chi connectivity index (χ2v) is 8.98. The molecule has 0 fully saturated rings. The number of hydrogen-bond acceptors (Lipinski definition) is 8. The van der Waals surface area contributed by atoms with E-state index in [0.717, 1.165) is 10.9 Å². The smallest absolute Gasteiger partial charge is 0.357 e. The molecule has 0 bridgehead atoms. The molecule has 0 aliphatic heterocycles. The van der Waals surface area contributed by atoms with Crippen LogP contribution in [0, 0.1) is 5.82 Å². The van der Waals surface area contributed by atoms with Crippen LogP contribution in [0.25, 0.3) is 16.6 Å². The Bertz CT molecular complexity index is 1270. The van der Waals surface area contributed by atoms with Crippen LogP contribution >= 0.6 is 7.60 Å². The number of tetrazole rings is 1. The van der Waals surface area contributed by atoms with E-state index in [-0.39, 0.29) is 19.0 Å². The first kappa shape index (κ1) is 22.1. The van der Waals surface area contributed by atoms with E-state index >= 15 is 0 Å². The second-order valence-electron chi connectivity index (χ2n) is 6.87. The summed E-state index contributed by atoms with van der Waals surface area (Å²) in [6, 6.07) is 13.0. The van der Waals surface area contributed by atoms with Gasteiger partial charge in [0.05, 0.1) is 25.8 Å². The summed E-state index contributed by atoms with van der Waals surface area (Å²) in [7, 11) is -2.17. The van der Waals surface area contributed by atoms with Crippen molar-refractivity contribution in [3.63, 3.8) is 0 Å². The fourth-order valence-corrected chi connectivity index (χ4v) is 5.44. The number of fused-ring (bicyclic) bond motifs is 3. The van der Waals surface area contributed by atoms with E-state index in [0.29, 0.717) is 22.6 Å². The van der Waals surface area contributed by atoms with Crippen molar-refractivity contribution in [1.29, 1.82) is 0 Å². The molecule has 4 aromatic rings. The van der Waals surface area contributed by atoms with Crippen LogP contribution in [0.2, 0.25) is 0 Å². The van der Waals surface area contributed by atoms with Gasteiger partial charge in [-0.25, -0.2) is 4.39 Å². The predicted octanol–water partition coefficient (Wildman–Crippen LogP) is 4.80. The lowest BCUT2D eigenvalue weighted by molar-refractivity contribution is 0.214. The fraction of sp³-hybridized carbons (Fsp3) is 0.286. The highest BCUT2D eigenvalue weighted by atomic mass is 31.2. The van der Waals surface area contributed by atoms with Crippen LogP contribution in [0.15, 0.2) is 48.5 Å². The molecule has 0 spiro atoms. The molecule has 1 N–H and O–H groups in total. The van der Waals surface area contributed by atoms with E-state index < -0.39 is 13.4 Å². The van der Waals surface area contributed by atoms with Crippen molar-refractivity contribution < 1.29 is 22.7 Å². The summed E-state index contributed by atoms with van der Waals surface area (Å²) in [4.78, 5) is 0. The number of benzene rings is 2. The summed E-state index contributed by atoms with van der Waals surface area (Å²) in [6.07, 6.45) is 0. The van der Waals surface area contributed by atoms with Crippen LogP contribution in [0.3, 0.4) is 0 Å². The zero-order chi connectivity index (χ0) is 22.7. The molecule has 4 rings (SSSR count). The first-order valence-corrected chi connectivity index (χ1v) is 11.7. The number of ether oxygens (including phenoxy) is 1. The van der Waals surface area contributed by atoms with Crippen LogP contribution in [0.4, 0.5) is 10.1 Å². The molecule has 11 heteroatoms. The summed E-state index contributed by atoms with van der Waals surface area (Å²) >= 11 is 0. The molecule has 0 aliphatic rings. The molecule has 2 heterocycles. The fourth-order valence-electron chi connectivity index (χ4n) is 3.51. The minimum Gasteiger partial charge on any atom is -0.497 e. The third-order valence-corrected chi connectivity index (χ3v) is 7.15. The quantitative estimate of drug-likeness (QED) is 0.356. The maximum atomic E-state index is 13.9. The first-order valence-electron chi connectivity index (χ1n) is 10.1. The van der Waals surface area contributed by atoms with Crippen LogP contribution in [0.5, 0.6) is 5.75 Å². The average Bonchev–Trinajstić information content (AvgIpc) is 3.28. The highest BCUT2D eigenvalue weighted by Gasteiger charge is 2.39. The van der Waals surface area contributed by atoms with Gasteiger partial charge in [-0.15, -0.1) is 5.10 Å². The Morgan fingerprint density at radius 3 is 2.47 bits per heavy atom. The molecule has 9 nitrogen and oxygen atoms in total. The van der Waals surface area contributed by atoms with Crippen LogP contribution in [-0.4, -0.2) is 40.4 Å². The third kappa shape index (κ3) is 4.17. The lowest BCUT2D eigenvalue weighted by Crippen LogP contribution is -2.17. The molecule has 0 radical (unpaired) electrons. The standard InChI is InChI=1S/C21H23FN5O4P/c1-4-30-32(28,31-5-2)21(23-16-8-6-15(22)7-9-16)18-13-14-12-17(29-3)10-11-19(14)27-20(18)24-25-26-27/h6-13,21,23H,4-5H2,1-3H3. The maximum Gasteiger partial charge on any atom is 0.357 e. The first-order chi connectivity index (χ1) is 15.5. The summed E-state index contributed by atoms with van der Waals surface area (Å²) < 4.78 is 45.6. The van der Waals surface area contributed by atoms with Crippen molar-refractivity contribution in [2.24, 2.45) is 0 Å². The highest BCUT2D eigenvalue weighted by molar-refractivity contribution is 7.54. The number of rotatable bonds is 9. The number of nitrogens with one attached hydrogen (secondary N) is 1. The number of nitrogens with zero attached hydrogens (tertiary/aromatic N) is 4. The van der Waals surface area contributed by atoms with Gasteiger partial charge in [-0.1, -0.05) is 0 Å². The lowest BCUT2D eigenvalue weighted by Gasteiger charge is -2.28. The summed E-state index contributed by atoms with van der Waals surface area (Å²) in [5, 5.41) is 16.0. The molecule has 32 heavy (non-hydrogen) atoms. The van der Waals surface area contributed by atoms with Gasteiger partial charge in [-0.05, 0) is 72.8 Å². The lowest BCUT2D eigenvalue weighted by atomic mass is 10.1. The molecule has 0 saturated carbocycles. The molecule has 2 aromatic carbocycles. The van der Waals surface area contributed by atoms with Gasteiger partial charge in [0.25, 0.3) is 0 Å². The number of pyridine rings is 1. The van der Waals surface area contributed by atoms with Gasteiger partial charge in [0.1, 0.15) is 11.6 Å². The van der Waals surface area contributed by atoms with Gasteiger partial charge in [0.2, 0.25) is 0 Å². The monoisotopic (exact) mass is 459 g/mol. The SMILES string of the molecule is CCOP(=O)(OCC)C(Nc1ccc(F)cc1)c1cc2cc(OC)ccc2n2nnnc12. The van der Waals surface area contributed by atoms with Gasteiger partial charge in [-0.3, -0.25) is 4.57 Å². The van der Waals surface area contributed by atoms with Gasteiger partial charge in [0.15, 0.2) is 11.4 Å². The topological polar surface area (TPSA) is 99.9 Å². The van der Waals surface area contributed by atoms with Crippen LogP contribution in [-0.2, 0) is 13.6 Å². The van der Waals surface area contributed by atoms with Gasteiger partial charge >= 0.3 is 7.60 Å². The second kappa shape index (κ2) is 9.20. The zero-order valence-corrected chi connectivity index (χ0v) is 18.8. The Morgan fingerprint density at radius 2 is 1.81 bits per heavy atom.